The van der Waals surface area contributed by atoms with Crippen molar-refractivity contribution in [1.82, 2.24) is 14.1 Å². The molecule has 5 aromatic rings. The Morgan fingerprint density at radius 3 is 2.08 bits per heavy atom. The first-order valence-electron chi connectivity index (χ1n) is 12.6. The number of nitrogens with one attached hydrogen (secondary N) is 1. The first kappa shape index (κ1) is 24.8. The van der Waals surface area contributed by atoms with Gasteiger partial charge in [-0.25, -0.2) is 4.98 Å². The van der Waals surface area contributed by atoms with Crippen LogP contribution in [0.3, 0.4) is 0 Å². The molecule has 1 aliphatic rings. The summed E-state index contributed by atoms with van der Waals surface area (Å²) in [6, 6.07) is 30.5. The molecule has 1 aliphatic heterocycles. The average molecular weight is 537 g/mol. The molecule has 0 radical (unpaired) electrons. The molecule has 2 aromatic heterocycles. The monoisotopic (exact) mass is 536 g/mol. The molecule has 0 fully saturated rings. The summed E-state index contributed by atoms with van der Waals surface area (Å²) in [7, 11) is 0. The molecule has 6 rings (SSSR count). The van der Waals surface area contributed by atoms with Gasteiger partial charge >= 0.3 is 0 Å². The van der Waals surface area contributed by atoms with Gasteiger partial charge in [0, 0.05) is 29.1 Å². The van der Waals surface area contributed by atoms with E-state index >= 15 is 0 Å². The molecular formula is C31H28N4OS2. The van der Waals surface area contributed by atoms with E-state index in [0.717, 1.165) is 38.8 Å². The van der Waals surface area contributed by atoms with Crippen LogP contribution in [0.1, 0.15) is 30.5 Å². The molecule has 0 amide bonds. The fraction of sp³-hybridized carbons (Fsp3) is 0.194. The summed E-state index contributed by atoms with van der Waals surface area (Å²) in [4.78, 5) is 5.28. The van der Waals surface area contributed by atoms with Gasteiger partial charge in [0.15, 0.2) is 10.8 Å². The molecule has 5 nitrogen and oxygen atoms in total. The van der Waals surface area contributed by atoms with Gasteiger partial charge in [-0.05, 0) is 49.2 Å². The van der Waals surface area contributed by atoms with Crippen LogP contribution in [0, 0.1) is 10.0 Å². The van der Waals surface area contributed by atoms with Crippen LogP contribution in [0.25, 0.3) is 22.4 Å². The lowest BCUT2D eigenvalue weighted by atomic mass is 9.90. The highest BCUT2D eigenvalue weighted by atomic mass is 32.2. The molecule has 0 saturated heterocycles. The third kappa shape index (κ3) is 4.51. The number of nitrogens with zero attached hydrogens (tertiary/aromatic N) is 3. The third-order valence-corrected chi connectivity index (χ3v) is 8.30. The van der Waals surface area contributed by atoms with Gasteiger partial charge in [0.05, 0.1) is 17.6 Å². The lowest BCUT2D eigenvalue weighted by Crippen LogP contribution is -2.35. The zero-order chi connectivity index (χ0) is 26.3. The molecule has 0 spiro atoms. The van der Waals surface area contributed by atoms with Gasteiger partial charge in [0.1, 0.15) is 10.1 Å². The summed E-state index contributed by atoms with van der Waals surface area (Å²) in [5, 5.41) is 11.2. The fourth-order valence-corrected chi connectivity index (χ4v) is 6.34. The van der Waals surface area contributed by atoms with Gasteiger partial charge in [-0.15, -0.1) is 0 Å². The van der Waals surface area contributed by atoms with E-state index in [1.807, 2.05) is 88.0 Å². The highest BCUT2D eigenvalue weighted by Gasteiger charge is 2.31. The largest absolute Gasteiger partial charge is 0.370 e. The number of para-hydroxylation sites is 2. The summed E-state index contributed by atoms with van der Waals surface area (Å²) in [6.45, 7) is 4.60. The van der Waals surface area contributed by atoms with Crippen LogP contribution < -0.4 is 5.49 Å². The van der Waals surface area contributed by atoms with Crippen molar-refractivity contribution in [3.05, 3.63) is 118 Å². The molecule has 0 unspecified atom stereocenters. The summed E-state index contributed by atoms with van der Waals surface area (Å²) in [5.74, 6) is 0.740. The number of hydrogen-bond acceptors (Lipinski definition) is 5. The lowest BCUT2D eigenvalue weighted by molar-refractivity contribution is -0.0401. The third-order valence-electron chi connectivity index (χ3n) is 6.87. The first-order chi connectivity index (χ1) is 18.4. The molecule has 7 heteroatoms. The molecule has 38 heavy (non-hydrogen) atoms. The Hall–Kier alpha value is -3.52. The van der Waals surface area contributed by atoms with E-state index in [9.17, 15) is 5.41 Å². The van der Waals surface area contributed by atoms with E-state index in [4.69, 9.17) is 21.9 Å². The maximum absolute atomic E-state index is 9.62. The van der Waals surface area contributed by atoms with Gasteiger partial charge in [-0.1, -0.05) is 90.7 Å². The molecule has 1 N–H and O–H groups in total. The van der Waals surface area contributed by atoms with Crippen molar-refractivity contribution >= 4 is 35.0 Å². The molecule has 0 aliphatic carbocycles. The fourth-order valence-electron chi connectivity index (χ4n) is 5.00. The normalized spacial score (nSPS) is 14.4. The standard InChI is InChI=1S/C31H28N4OS2/c1-31(2)18-24-25(19-36-31)29(37)35(23-16-10-5-11-17-23)28-26(24)27(32)34(22-14-8-4-9-15-22)30(33-28)38-20-21-12-6-3-7-13-21/h3-17,32H,18-20H2,1-2H3. The van der Waals surface area contributed by atoms with Crippen molar-refractivity contribution in [2.24, 2.45) is 0 Å². The van der Waals surface area contributed by atoms with Crippen LogP contribution in [0.4, 0.5) is 0 Å². The van der Waals surface area contributed by atoms with Gasteiger partial charge in [-0.3, -0.25) is 14.5 Å². The van der Waals surface area contributed by atoms with Crippen LogP contribution in [0.15, 0.2) is 96.2 Å². The maximum atomic E-state index is 9.62. The SMILES string of the molecule is CC1(C)Cc2c(c(=S)n(-c3ccccc3)c3nc(SCc4ccccc4)n(-c4ccccc4)c(=N)c23)CO1. The van der Waals surface area contributed by atoms with Crippen LogP contribution in [-0.2, 0) is 23.5 Å². The van der Waals surface area contributed by atoms with Crippen LogP contribution in [0.5, 0.6) is 0 Å². The van der Waals surface area contributed by atoms with Crippen molar-refractivity contribution in [2.45, 2.75) is 43.4 Å². The summed E-state index contributed by atoms with van der Waals surface area (Å²) in [5.41, 5.74) is 5.84. The Balaban J connectivity index is 1.70. The van der Waals surface area contributed by atoms with Gasteiger partial charge in [0.25, 0.3) is 0 Å². The Morgan fingerprint density at radius 1 is 0.868 bits per heavy atom. The maximum Gasteiger partial charge on any atom is 0.176 e. The number of rotatable bonds is 5. The van der Waals surface area contributed by atoms with Crippen molar-refractivity contribution in [3.8, 4) is 11.4 Å². The second-order valence-electron chi connectivity index (χ2n) is 10.0. The number of hydrogen-bond donors (Lipinski definition) is 1. The number of aromatic nitrogens is 3. The number of thioether (sulfide) groups is 1. The molecule has 0 saturated carbocycles. The second kappa shape index (κ2) is 9.98. The van der Waals surface area contributed by atoms with E-state index < -0.39 is 0 Å². The summed E-state index contributed by atoms with van der Waals surface area (Å²) in [6.07, 6.45) is 0.664. The summed E-state index contributed by atoms with van der Waals surface area (Å²) < 4.78 is 10.9. The predicted molar refractivity (Wildman–Crippen MR) is 156 cm³/mol. The van der Waals surface area contributed by atoms with Crippen molar-refractivity contribution in [3.63, 3.8) is 0 Å². The highest BCUT2D eigenvalue weighted by molar-refractivity contribution is 7.98. The molecule has 3 aromatic carbocycles. The van der Waals surface area contributed by atoms with Gasteiger partial charge in [-0.2, -0.15) is 0 Å². The quantitative estimate of drug-likeness (QED) is 0.147. The molecular weight excluding hydrogens is 509 g/mol. The number of benzene rings is 3. The second-order valence-corrected chi connectivity index (χ2v) is 11.4. The van der Waals surface area contributed by atoms with Crippen LogP contribution in [-0.4, -0.2) is 19.7 Å². The Kier molecular flexibility index (Phi) is 6.51. The Morgan fingerprint density at radius 2 is 1.45 bits per heavy atom. The first-order valence-corrected chi connectivity index (χ1v) is 14.0. The minimum Gasteiger partial charge on any atom is -0.370 e. The van der Waals surface area contributed by atoms with Crippen molar-refractivity contribution < 1.29 is 4.74 Å². The lowest BCUT2D eigenvalue weighted by Gasteiger charge is -2.33. The number of fused-ring (bicyclic) bond motifs is 3. The number of ether oxygens (including phenoxy) is 1. The zero-order valence-electron chi connectivity index (χ0n) is 21.3. The Bertz CT molecular complexity index is 1740. The summed E-state index contributed by atoms with van der Waals surface area (Å²) >= 11 is 7.72. The minimum absolute atomic E-state index is 0.356. The highest BCUT2D eigenvalue weighted by Crippen LogP contribution is 2.35. The van der Waals surface area contributed by atoms with Crippen LogP contribution in [0.2, 0.25) is 0 Å². The molecule has 190 valence electrons. The van der Waals surface area contributed by atoms with E-state index in [2.05, 4.69) is 26.0 Å². The van der Waals surface area contributed by atoms with E-state index in [1.54, 1.807) is 11.8 Å². The Labute approximate surface area is 231 Å². The van der Waals surface area contributed by atoms with E-state index in [-0.39, 0.29) is 5.60 Å². The zero-order valence-corrected chi connectivity index (χ0v) is 23.0. The van der Waals surface area contributed by atoms with E-state index in [0.29, 0.717) is 28.8 Å². The van der Waals surface area contributed by atoms with Crippen LogP contribution >= 0.6 is 24.0 Å². The van der Waals surface area contributed by atoms with E-state index in [1.165, 1.54) is 5.56 Å². The molecule has 0 bridgehead atoms. The van der Waals surface area contributed by atoms with Gasteiger partial charge in [0.2, 0.25) is 0 Å². The van der Waals surface area contributed by atoms with Gasteiger partial charge < -0.3 is 4.74 Å². The number of pyridine rings is 1. The molecule has 0 atom stereocenters. The smallest absolute Gasteiger partial charge is 0.176 e. The topological polar surface area (TPSA) is 55.8 Å². The molecule has 3 heterocycles. The predicted octanol–water partition coefficient (Wildman–Crippen LogP) is 7.17. The minimum atomic E-state index is -0.356. The average Bonchev–Trinajstić information content (AvgIpc) is 2.93. The van der Waals surface area contributed by atoms with Crippen molar-refractivity contribution in [1.29, 1.82) is 5.41 Å². The van der Waals surface area contributed by atoms with Crippen molar-refractivity contribution in [2.75, 3.05) is 0 Å².